The highest BCUT2D eigenvalue weighted by Gasteiger charge is 2.43. The number of likely N-dealkylation sites (N-methyl/N-ethyl adjacent to an activating group) is 1. The van der Waals surface area contributed by atoms with Crippen LogP contribution < -0.4 is 0 Å². The lowest BCUT2D eigenvalue weighted by Gasteiger charge is -2.31. The van der Waals surface area contributed by atoms with Gasteiger partial charge in [-0.2, -0.15) is 18.3 Å². The van der Waals surface area contributed by atoms with Gasteiger partial charge in [-0.3, -0.25) is 9.48 Å². The van der Waals surface area contributed by atoms with Crippen molar-refractivity contribution in [2.45, 2.75) is 51.7 Å². The van der Waals surface area contributed by atoms with Crippen LogP contribution in [0.25, 0.3) is 0 Å². The van der Waals surface area contributed by atoms with Crippen LogP contribution in [0.2, 0.25) is 0 Å². The van der Waals surface area contributed by atoms with Gasteiger partial charge in [0.05, 0.1) is 11.6 Å². The lowest BCUT2D eigenvalue weighted by Crippen LogP contribution is -2.39. The Balaban J connectivity index is 1.96. The topological polar surface area (TPSA) is 41.4 Å². The molecular weight excluding hydrogens is 345 g/mol. The first-order valence-electron chi connectivity index (χ1n) is 9.32. The lowest BCUT2D eigenvalue weighted by atomic mass is 9.98. The maximum absolute atomic E-state index is 13.6. The summed E-state index contributed by atoms with van der Waals surface area (Å²) in [5.41, 5.74) is -0.964. The third-order valence-corrected chi connectivity index (χ3v) is 5.65. The molecule has 0 N–H and O–H groups in total. The first-order chi connectivity index (χ1) is 12.2. The maximum atomic E-state index is 13.6. The molecule has 26 heavy (non-hydrogen) atoms. The Labute approximate surface area is 152 Å². The van der Waals surface area contributed by atoms with Gasteiger partial charge in [0.15, 0.2) is 5.69 Å². The summed E-state index contributed by atoms with van der Waals surface area (Å²) in [6.45, 7) is 6.29. The van der Waals surface area contributed by atoms with Crippen LogP contribution in [-0.2, 0) is 6.18 Å². The predicted molar refractivity (Wildman–Crippen MR) is 92.0 cm³/mol. The van der Waals surface area contributed by atoms with Gasteiger partial charge in [0, 0.05) is 25.3 Å². The average Bonchev–Trinajstić information content (AvgIpc) is 2.92. The molecule has 0 aromatic carbocycles. The smallest absolute Gasteiger partial charge is 0.339 e. The minimum absolute atomic E-state index is 0.127. The van der Waals surface area contributed by atoms with E-state index < -0.39 is 17.8 Å². The van der Waals surface area contributed by atoms with Crippen LogP contribution in [0.3, 0.4) is 0 Å². The standard InChI is InChI=1S/C18H27F3N4O/c1-12-6-9-24(10-7-12)17(26)15-13(2)25(22-16(15)18(19,20)21)14-5-4-8-23(3)11-14/h12,14H,4-11H2,1-3H3. The summed E-state index contributed by atoms with van der Waals surface area (Å²) in [7, 11) is 1.95. The molecule has 1 unspecified atom stereocenters. The summed E-state index contributed by atoms with van der Waals surface area (Å²) in [5, 5.41) is 3.89. The van der Waals surface area contributed by atoms with E-state index in [0.717, 1.165) is 32.2 Å². The number of carbonyl (C=O) groups is 1. The fourth-order valence-corrected chi connectivity index (χ4v) is 4.04. The molecule has 0 spiro atoms. The van der Waals surface area contributed by atoms with Crippen molar-refractivity contribution in [3.8, 4) is 0 Å². The van der Waals surface area contributed by atoms with Crippen molar-refractivity contribution in [2.75, 3.05) is 33.2 Å². The molecular formula is C18H27F3N4O. The third kappa shape index (κ3) is 3.75. The van der Waals surface area contributed by atoms with Gasteiger partial charge in [-0.05, 0) is 52.1 Å². The van der Waals surface area contributed by atoms with E-state index in [2.05, 4.69) is 16.9 Å². The molecule has 1 aromatic rings. The number of alkyl halides is 3. The number of halogens is 3. The minimum Gasteiger partial charge on any atom is -0.339 e. The molecule has 2 fully saturated rings. The zero-order chi connectivity index (χ0) is 19.1. The molecule has 2 aliphatic heterocycles. The normalized spacial score (nSPS) is 23.5. The van der Waals surface area contributed by atoms with Crippen LogP contribution in [0, 0.1) is 12.8 Å². The van der Waals surface area contributed by atoms with Gasteiger partial charge in [-0.1, -0.05) is 6.92 Å². The molecule has 8 heteroatoms. The average molecular weight is 372 g/mol. The first kappa shape index (κ1) is 19.2. The number of nitrogens with zero attached hydrogens (tertiary/aromatic N) is 4. The second-order valence-corrected chi connectivity index (χ2v) is 7.78. The minimum atomic E-state index is -4.63. The second kappa shape index (κ2) is 7.21. The predicted octanol–water partition coefficient (Wildman–Crippen LogP) is 3.35. The molecule has 0 aliphatic carbocycles. The quantitative estimate of drug-likeness (QED) is 0.800. The zero-order valence-corrected chi connectivity index (χ0v) is 15.6. The Kier molecular flexibility index (Phi) is 5.33. The number of piperidine rings is 2. The van der Waals surface area contributed by atoms with Crippen LogP contribution in [0.15, 0.2) is 0 Å². The van der Waals surface area contributed by atoms with Gasteiger partial charge in [0.1, 0.15) is 0 Å². The molecule has 1 aromatic heterocycles. The molecule has 146 valence electrons. The number of rotatable bonds is 2. The third-order valence-electron chi connectivity index (χ3n) is 5.65. The number of likely N-dealkylation sites (tertiary alicyclic amines) is 2. The Morgan fingerprint density at radius 3 is 2.38 bits per heavy atom. The van der Waals surface area contributed by atoms with Gasteiger partial charge in [-0.15, -0.1) is 0 Å². The maximum Gasteiger partial charge on any atom is 0.435 e. The molecule has 3 heterocycles. The highest BCUT2D eigenvalue weighted by Crippen LogP contribution is 2.35. The van der Waals surface area contributed by atoms with Gasteiger partial charge < -0.3 is 9.80 Å². The molecule has 1 amide bonds. The number of aromatic nitrogens is 2. The van der Waals surface area contributed by atoms with E-state index in [0.29, 0.717) is 31.2 Å². The fourth-order valence-electron chi connectivity index (χ4n) is 4.04. The zero-order valence-electron chi connectivity index (χ0n) is 15.6. The molecule has 3 rings (SSSR count). The van der Waals surface area contributed by atoms with E-state index in [1.165, 1.54) is 4.68 Å². The van der Waals surface area contributed by atoms with E-state index in [1.807, 2.05) is 7.05 Å². The molecule has 1 atom stereocenters. The van der Waals surface area contributed by atoms with E-state index in [4.69, 9.17) is 0 Å². The monoisotopic (exact) mass is 372 g/mol. The van der Waals surface area contributed by atoms with Crippen molar-refractivity contribution < 1.29 is 18.0 Å². The Morgan fingerprint density at radius 1 is 1.15 bits per heavy atom. The Bertz CT molecular complexity index is 662. The summed E-state index contributed by atoms with van der Waals surface area (Å²) in [4.78, 5) is 16.6. The van der Waals surface area contributed by atoms with Crippen molar-refractivity contribution in [1.29, 1.82) is 0 Å². The van der Waals surface area contributed by atoms with Crippen LogP contribution in [0.4, 0.5) is 13.2 Å². The van der Waals surface area contributed by atoms with Crippen LogP contribution in [-0.4, -0.2) is 58.7 Å². The van der Waals surface area contributed by atoms with Crippen molar-refractivity contribution in [3.05, 3.63) is 17.0 Å². The summed E-state index contributed by atoms with van der Waals surface area (Å²) in [6.07, 6.45) is -1.29. The van der Waals surface area contributed by atoms with Crippen LogP contribution >= 0.6 is 0 Å². The van der Waals surface area contributed by atoms with Crippen LogP contribution in [0.5, 0.6) is 0 Å². The highest BCUT2D eigenvalue weighted by molar-refractivity contribution is 5.96. The Hall–Kier alpha value is -1.57. The van der Waals surface area contributed by atoms with E-state index >= 15 is 0 Å². The summed E-state index contributed by atoms with van der Waals surface area (Å²) in [6, 6.07) is -0.127. The fraction of sp³-hybridized carbons (Fsp3) is 0.778. The van der Waals surface area contributed by atoms with Gasteiger partial charge in [-0.25, -0.2) is 0 Å². The molecule has 5 nitrogen and oxygen atoms in total. The molecule has 2 aliphatic rings. The van der Waals surface area contributed by atoms with Crippen LogP contribution in [0.1, 0.15) is 60.4 Å². The van der Waals surface area contributed by atoms with Crippen molar-refractivity contribution in [2.24, 2.45) is 5.92 Å². The first-order valence-corrected chi connectivity index (χ1v) is 9.32. The SMILES string of the molecule is Cc1c(C(=O)N2CCC(C)CC2)c(C(F)(F)F)nn1C1CCCN(C)C1. The van der Waals surface area contributed by atoms with Crippen molar-refractivity contribution in [1.82, 2.24) is 19.6 Å². The van der Waals surface area contributed by atoms with E-state index in [-0.39, 0.29) is 11.6 Å². The summed E-state index contributed by atoms with van der Waals surface area (Å²) in [5.74, 6) is -0.0279. The number of carbonyl (C=O) groups excluding carboxylic acids is 1. The number of amides is 1. The summed E-state index contributed by atoms with van der Waals surface area (Å²) >= 11 is 0. The molecule has 2 saturated heterocycles. The molecule has 0 saturated carbocycles. The van der Waals surface area contributed by atoms with Gasteiger partial charge >= 0.3 is 6.18 Å². The Morgan fingerprint density at radius 2 is 1.81 bits per heavy atom. The number of hydrogen-bond acceptors (Lipinski definition) is 3. The molecule has 0 radical (unpaired) electrons. The van der Waals surface area contributed by atoms with Crippen molar-refractivity contribution in [3.63, 3.8) is 0 Å². The van der Waals surface area contributed by atoms with E-state index in [1.54, 1.807) is 11.8 Å². The van der Waals surface area contributed by atoms with Gasteiger partial charge in [0.2, 0.25) is 0 Å². The van der Waals surface area contributed by atoms with Gasteiger partial charge in [0.25, 0.3) is 5.91 Å². The molecule has 0 bridgehead atoms. The number of hydrogen-bond donors (Lipinski definition) is 0. The largest absolute Gasteiger partial charge is 0.435 e. The summed E-state index contributed by atoms with van der Waals surface area (Å²) < 4.78 is 42.3. The highest BCUT2D eigenvalue weighted by atomic mass is 19.4. The second-order valence-electron chi connectivity index (χ2n) is 7.78. The lowest BCUT2D eigenvalue weighted by molar-refractivity contribution is -0.142. The van der Waals surface area contributed by atoms with Crippen molar-refractivity contribution >= 4 is 5.91 Å². The van der Waals surface area contributed by atoms with E-state index in [9.17, 15) is 18.0 Å².